The maximum Gasteiger partial charge on any atom is 0.267 e. The van der Waals surface area contributed by atoms with E-state index >= 15 is 0 Å². The monoisotopic (exact) mass is 437 g/mol. The summed E-state index contributed by atoms with van der Waals surface area (Å²) in [7, 11) is 0. The fourth-order valence-corrected chi connectivity index (χ4v) is 4.10. The molecule has 0 aliphatic heterocycles. The maximum absolute atomic E-state index is 12.9. The first kappa shape index (κ1) is 16.3. The summed E-state index contributed by atoms with van der Waals surface area (Å²) in [6.07, 6.45) is 5.04. The molecule has 0 aliphatic carbocycles. The summed E-state index contributed by atoms with van der Waals surface area (Å²) in [4.78, 5) is 21.7. The van der Waals surface area contributed by atoms with Crippen molar-refractivity contribution in [3.05, 3.63) is 74.8 Å². The highest BCUT2D eigenvalue weighted by Crippen LogP contribution is 2.29. The molecule has 0 amide bonds. The van der Waals surface area contributed by atoms with Gasteiger partial charge in [0.2, 0.25) is 0 Å². The zero-order valence-electron chi connectivity index (χ0n) is 14.1. The van der Waals surface area contributed by atoms with Gasteiger partial charge in [-0.2, -0.15) is 5.10 Å². The van der Waals surface area contributed by atoms with E-state index in [1.54, 1.807) is 23.1 Å². The Morgan fingerprint density at radius 3 is 2.67 bits per heavy atom. The number of hydrogen-bond donors (Lipinski definition) is 0. The molecule has 8 heteroatoms. The van der Waals surface area contributed by atoms with Crippen molar-refractivity contribution in [3.63, 3.8) is 0 Å². The number of aryl methyl sites for hydroxylation is 1. The number of hydrogen-bond acceptors (Lipinski definition) is 5. The summed E-state index contributed by atoms with van der Waals surface area (Å²) in [6, 6.07) is 9.92. The van der Waals surface area contributed by atoms with Crippen LogP contribution in [-0.2, 0) is 0 Å². The molecule has 4 aromatic heterocycles. The highest BCUT2D eigenvalue weighted by Gasteiger charge is 2.16. The third kappa shape index (κ3) is 2.52. The van der Waals surface area contributed by atoms with Crippen molar-refractivity contribution in [1.82, 2.24) is 24.1 Å². The summed E-state index contributed by atoms with van der Waals surface area (Å²) < 4.78 is 4.30. The molecule has 6 nitrogen and oxygen atoms in total. The van der Waals surface area contributed by atoms with Crippen LogP contribution in [-0.4, -0.2) is 24.1 Å². The lowest BCUT2D eigenvalue weighted by atomic mass is 10.1. The summed E-state index contributed by atoms with van der Waals surface area (Å²) >= 11 is 4.88. The second kappa shape index (κ2) is 6.11. The summed E-state index contributed by atoms with van der Waals surface area (Å²) in [6.45, 7) is 1.95. The van der Waals surface area contributed by atoms with Gasteiger partial charge in [0, 0.05) is 34.0 Å². The van der Waals surface area contributed by atoms with E-state index in [4.69, 9.17) is 0 Å². The first-order chi connectivity index (χ1) is 13.1. The second-order valence-electron chi connectivity index (χ2n) is 6.07. The van der Waals surface area contributed by atoms with E-state index < -0.39 is 0 Å². The molecule has 0 bridgehead atoms. The number of fused-ring (bicyclic) bond motifs is 3. The van der Waals surface area contributed by atoms with E-state index in [1.165, 1.54) is 15.9 Å². The van der Waals surface area contributed by atoms with E-state index in [9.17, 15) is 4.79 Å². The van der Waals surface area contributed by atoms with Crippen LogP contribution in [0, 0.1) is 6.92 Å². The molecule has 5 rings (SSSR count). The topological polar surface area (TPSA) is 65.1 Å². The SMILES string of the molecule is Cc1nn2c(ncc3c(=O)n(-c4nccs4)ccc32)c1-c1ccc(Br)cc1. The van der Waals surface area contributed by atoms with Gasteiger partial charge in [0.1, 0.15) is 0 Å². The molecular formula is C19H12BrN5OS. The number of thiazole rings is 1. The number of rotatable bonds is 2. The zero-order valence-corrected chi connectivity index (χ0v) is 16.5. The number of aromatic nitrogens is 5. The van der Waals surface area contributed by atoms with E-state index in [0.717, 1.165) is 32.5 Å². The first-order valence-corrected chi connectivity index (χ1v) is 9.86. The van der Waals surface area contributed by atoms with E-state index in [0.29, 0.717) is 10.5 Å². The Morgan fingerprint density at radius 1 is 1.11 bits per heavy atom. The molecule has 4 heterocycles. The predicted molar refractivity (Wildman–Crippen MR) is 110 cm³/mol. The lowest BCUT2D eigenvalue weighted by molar-refractivity contribution is 0.937. The van der Waals surface area contributed by atoms with Crippen LogP contribution in [0.2, 0.25) is 0 Å². The van der Waals surface area contributed by atoms with Crippen molar-refractivity contribution in [2.75, 3.05) is 0 Å². The van der Waals surface area contributed by atoms with Crippen molar-refractivity contribution >= 4 is 43.8 Å². The van der Waals surface area contributed by atoms with Gasteiger partial charge >= 0.3 is 0 Å². The molecule has 0 unspecified atom stereocenters. The van der Waals surface area contributed by atoms with Gasteiger partial charge in [-0.25, -0.2) is 14.5 Å². The average Bonchev–Trinajstić information content (AvgIpc) is 3.30. The van der Waals surface area contributed by atoms with Crippen LogP contribution >= 0.6 is 27.3 Å². The summed E-state index contributed by atoms with van der Waals surface area (Å²) in [5.41, 5.74) is 4.16. The highest BCUT2D eigenvalue weighted by molar-refractivity contribution is 9.10. The molecule has 0 radical (unpaired) electrons. The quantitative estimate of drug-likeness (QED) is 0.414. The second-order valence-corrected chi connectivity index (χ2v) is 7.85. The van der Waals surface area contributed by atoms with Crippen molar-refractivity contribution in [2.24, 2.45) is 0 Å². The first-order valence-electron chi connectivity index (χ1n) is 8.19. The molecule has 0 saturated heterocycles. The molecule has 0 saturated carbocycles. The van der Waals surface area contributed by atoms with Gasteiger partial charge in [0.15, 0.2) is 10.8 Å². The smallest absolute Gasteiger partial charge is 0.267 e. The van der Waals surface area contributed by atoms with Crippen molar-refractivity contribution in [1.29, 1.82) is 0 Å². The Kier molecular flexibility index (Phi) is 3.70. The van der Waals surface area contributed by atoms with Gasteiger partial charge < -0.3 is 0 Å². The molecule has 0 fully saturated rings. The lowest BCUT2D eigenvalue weighted by Gasteiger charge is -2.05. The Hall–Kier alpha value is -2.84. The summed E-state index contributed by atoms with van der Waals surface area (Å²) in [5, 5.41) is 7.64. The van der Waals surface area contributed by atoms with E-state index in [1.807, 2.05) is 42.6 Å². The number of halogens is 1. The average molecular weight is 438 g/mol. The van der Waals surface area contributed by atoms with Crippen molar-refractivity contribution < 1.29 is 0 Å². The van der Waals surface area contributed by atoms with Crippen LogP contribution in [0.25, 0.3) is 32.8 Å². The Balaban J connectivity index is 1.79. The minimum absolute atomic E-state index is 0.157. The van der Waals surface area contributed by atoms with Crippen LogP contribution in [0.15, 0.2) is 63.6 Å². The Bertz CT molecular complexity index is 1350. The van der Waals surface area contributed by atoms with Crippen LogP contribution in [0.5, 0.6) is 0 Å². The number of nitrogens with zero attached hydrogens (tertiary/aromatic N) is 5. The number of benzene rings is 1. The number of pyridine rings is 1. The molecule has 132 valence electrons. The van der Waals surface area contributed by atoms with Gasteiger partial charge in [-0.3, -0.25) is 9.36 Å². The largest absolute Gasteiger partial charge is 0.268 e. The van der Waals surface area contributed by atoms with E-state index in [2.05, 4.69) is 31.0 Å². The highest BCUT2D eigenvalue weighted by atomic mass is 79.9. The molecule has 1 aromatic carbocycles. The van der Waals surface area contributed by atoms with Crippen molar-refractivity contribution in [3.8, 4) is 16.3 Å². The van der Waals surface area contributed by atoms with Crippen LogP contribution < -0.4 is 5.56 Å². The zero-order chi connectivity index (χ0) is 18.5. The molecule has 5 aromatic rings. The predicted octanol–water partition coefficient (Wildman–Crippen LogP) is 4.23. The van der Waals surface area contributed by atoms with Gasteiger partial charge in [0.05, 0.1) is 16.6 Å². The van der Waals surface area contributed by atoms with Gasteiger partial charge in [0.25, 0.3) is 5.56 Å². The minimum atomic E-state index is -0.157. The fraction of sp³-hybridized carbons (Fsp3) is 0.0526. The van der Waals surface area contributed by atoms with Gasteiger partial charge in [-0.05, 0) is 30.7 Å². The molecule has 27 heavy (non-hydrogen) atoms. The normalized spacial score (nSPS) is 11.5. The standard InChI is InChI=1S/C19H12BrN5OS/c1-11-16(12-2-4-13(20)5-3-12)17-22-10-14-15(25(17)23-11)6-8-24(18(14)26)19-21-7-9-27-19/h2-10H,1H3. The molecule has 0 N–H and O–H groups in total. The van der Waals surface area contributed by atoms with Crippen LogP contribution in [0.4, 0.5) is 0 Å². The maximum atomic E-state index is 12.9. The third-order valence-corrected chi connectivity index (χ3v) is 5.74. The Labute approximate surface area is 165 Å². The molecule has 0 atom stereocenters. The van der Waals surface area contributed by atoms with E-state index in [-0.39, 0.29) is 5.56 Å². The Morgan fingerprint density at radius 2 is 1.93 bits per heavy atom. The molecule has 0 aliphatic rings. The third-order valence-electron chi connectivity index (χ3n) is 4.45. The lowest BCUT2D eigenvalue weighted by Crippen LogP contribution is -2.18. The minimum Gasteiger partial charge on any atom is -0.268 e. The van der Waals surface area contributed by atoms with Crippen LogP contribution in [0.3, 0.4) is 0 Å². The van der Waals surface area contributed by atoms with Crippen LogP contribution in [0.1, 0.15) is 5.69 Å². The molecule has 0 spiro atoms. The molecular weight excluding hydrogens is 426 g/mol. The summed E-state index contributed by atoms with van der Waals surface area (Å²) in [5.74, 6) is 0. The fourth-order valence-electron chi connectivity index (χ4n) is 3.22. The van der Waals surface area contributed by atoms with Gasteiger partial charge in [-0.15, -0.1) is 11.3 Å². The van der Waals surface area contributed by atoms with Gasteiger partial charge in [-0.1, -0.05) is 28.1 Å². The van der Waals surface area contributed by atoms with Crippen molar-refractivity contribution in [2.45, 2.75) is 6.92 Å².